The van der Waals surface area contributed by atoms with Crippen LogP contribution in [-0.2, 0) is 14.8 Å². The molecule has 146 valence electrons. The van der Waals surface area contributed by atoms with E-state index in [-0.39, 0.29) is 22.8 Å². The third-order valence-corrected chi connectivity index (χ3v) is 6.57. The molecule has 0 aromatic heterocycles. The number of benzene rings is 1. The molecule has 1 amide bonds. The molecule has 0 spiro atoms. The minimum absolute atomic E-state index is 0.0396. The van der Waals surface area contributed by atoms with Gasteiger partial charge in [-0.25, -0.2) is 0 Å². The van der Waals surface area contributed by atoms with Crippen molar-refractivity contribution in [2.75, 3.05) is 13.1 Å². The second-order valence-electron chi connectivity index (χ2n) is 7.28. The Bertz CT molecular complexity index is 897. The molecule has 0 atom stereocenters. The van der Waals surface area contributed by atoms with Crippen molar-refractivity contribution in [3.63, 3.8) is 0 Å². The predicted octanol–water partition coefficient (Wildman–Crippen LogP) is 3.05. The summed E-state index contributed by atoms with van der Waals surface area (Å²) in [6.45, 7) is 6.88. The Kier molecular flexibility index (Phi) is 5.63. The van der Waals surface area contributed by atoms with Crippen LogP contribution in [0.4, 0.5) is 0 Å². The van der Waals surface area contributed by atoms with E-state index in [0.29, 0.717) is 47.9 Å². The van der Waals surface area contributed by atoms with Crippen molar-refractivity contribution in [1.29, 1.82) is 0 Å². The van der Waals surface area contributed by atoms with Crippen molar-refractivity contribution in [3.8, 4) is 0 Å². The summed E-state index contributed by atoms with van der Waals surface area (Å²) in [5.74, 6) is 0.518. The van der Waals surface area contributed by atoms with Crippen molar-refractivity contribution >= 4 is 38.3 Å². The van der Waals surface area contributed by atoms with Crippen molar-refractivity contribution in [2.45, 2.75) is 39.7 Å². The van der Waals surface area contributed by atoms with Gasteiger partial charge in [-0.05, 0) is 51.3 Å². The summed E-state index contributed by atoms with van der Waals surface area (Å²) in [7, 11) is -3.74. The van der Waals surface area contributed by atoms with Crippen molar-refractivity contribution in [1.82, 2.24) is 10.2 Å². The normalized spacial score (nSPS) is 20.2. The number of rotatable bonds is 3. The molecule has 1 fully saturated rings. The van der Waals surface area contributed by atoms with Crippen LogP contribution in [-0.4, -0.2) is 44.2 Å². The highest BCUT2D eigenvalue weighted by Gasteiger charge is 2.35. The van der Waals surface area contributed by atoms with Gasteiger partial charge < -0.3 is 10.2 Å². The molecular formula is C19H24ClN3O3S. The van der Waals surface area contributed by atoms with Gasteiger partial charge in [-0.15, -0.1) is 4.40 Å². The summed E-state index contributed by atoms with van der Waals surface area (Å²) in [5.41, 5.74) is 1.23. The van der Waals surface area contributed by atoms with Gasteiger partial charge in [0.25, 0.3) is 10.0 Å². The molecule has 1 N–H and O–H groups in total. The zero-order valence-electron chi connectivity index (χ0n) is 15.7. The van der Waals surface area contributed by atoms with Crippen LogP contribution < -0.4 is 5.32 Å². The third-order valence-electron chi connectivity index (χ3n) is 4.84. The lowest BCUT2D eigenvalue weighted by Crippen LogP contribution is -2.44. The van der Waals surface area contributed by atoms with E-state index in [1.807, 2.05) is 18.7 Å². The maximum absolute atomic E-state index is 12.6. The SMILES string of the molecule is CC1=C(c2ccc(Cl)cc2)S(=O)(=O)N=C1N1CCC(C(=O)NC(C)C)CC1. The van der Waals surface area contributed by atoms with Gasteiger partial charge >= 0.3 is 0 Å². The zero-order chi connectivity index (χ0) is 19.8. The first-order valence-corrected chi connectivity index (χ1v) is 10.9. The van der Waals surface area contributed by atoms with E-state index < -0.39 is 10.0 Å². The number of halogens is 1. The quantitative estimate of drug-likeness (QED) is 0.832. The second-order valence-corrected chi connectivity index (χ2v) is 9.25. The van der Waals surface area contributed by atoms with E-state index in [4.69, 9.17) is 11.6 Å². The number of nitrogens with one attached hydrogen (secondary N) is 1. The molecule has 2 heterocycles. The molecule has 0 aliphatic carbocycles. The molecule has 6 nitrogen and oxygen atoms in total. The maximum atomic E-state index is 12.6. The fourth-order valence-corrected chi connectivity index (χ4v) is 5.15. The van der Waals surface area contributed by atoms with Crippen LogP contribution in [0.3, 0.4) is 0 Å². The minimum Gasteiger partial charge on any atom is -0.356 e. The van der Waals surface area contributed by atoms with Gasteiger partial charge in [0.15, 0.2) is 0 Å². The van der Waals surface area contributed by atoms with E-state index in [9.17, 15) is 13.2 Å². The van der Waals surface area contributed by atoms with E-state index in [1.54, 1.807) is 31.2 Å². The van der Waals surface area contributed by atoms with Crippen LogP contribution in [0, 0.1) is 5.92 Å². The Morgan fingerprint density at radius 2 is 1.81 bits per heavy atom. The molecule has 1 aromatic rings. The molecule has 0 radical (unpaired) electrons. The number of hydrogen-bond acceptors (Lipinski definition) is 4. The summed E-state index contributed by atoms with van der Waals surface area (Å²) in [4.78, 5) is 14.4. The smallest absolute Gasteiger partial charge is 0.285 e. The third kappa shape index (κ3) is 4.19. The highest BCUT2D eigenvalue weighted by Crippen LogP contribution is 2.35. The summed E-state index contributed by atoms with van der Waals surface area (Å²) in [6, 6.07) is 6.85. The molecule has 8 heteroatoms. The molecule has 1 saturated heterocycles. The highest BCUT2D eigenvalue weighted by atomic mass is 35.5. The lowest BCUT2D eigenvalue weighted by molar-refractivity contribution is -0.126. The van der Waals surface area contributed by atoms with Crippen molar-refractivity contribution in [2.24, 2.45) is 10.3 Å². The van der Waals surface area contributed by atoms with Crippen LogP contribution in [0.25, 0.3) is 4.91 Å². The number of carbonyl (C=O) groups is 1. The molecule has 0 unspecified atom stereocenters. The maximum Gasteiger partial charge on any atom is 0.285 e. The number of piperidine rings is 1. The van der Waals surface area contributed by atoms with Gasteiger partial charge in [0.1, 0.15) is 10.7 Å². The molecule has 0 bridgehead atoms. The zero-order valence-corrected chi connectivity index (χ0v) is 17.3. The average molecular weight is 410 g/mol. The Balaban J connectivity index is 1.78. The molecule has 1 aromatic carbocycles. The summed E-state index contributed by atoms with van der Waals surface area (Å²) >= 11 is 5.91. The number of likely N-dealkylation sites (tertiary alicyclic amines) is 1. The van der Waals surface area contributed by atoms with Gasteiger partial charge in [-0.2, -0.15) is 8.42 Å². The van der Waals surface area contributed by atoms with Gasteiger partial charge in [-0.3, -0.25) is 4.79 Å². The molecule has 2 aliphatic rings. The lowest BCUT2D eigenvalue weighted by atomic mass is 9.95. The summed E-state index contributed by atoms with van der Waals surface area (Å²) in [5, 5.41) is 3.50. The summed E-state index contributed by atoms with van der Waals surface area (Å²) in [6.07, 6.45) is 1.36. The van der Waals surface area contributed by atoms with Crippen LogP contribution in [0.5, 0.6) is 0 Å². The largest absolute Gasteiger partial charge is 0.356 e. The minimum atomic E-state index is -3.74. The molecule has 27 heavy (non-hydrogen) atoms. The number of nitrogens with zero attached hydrogens (tertiary/aromatic N) is 2. The molecular weight excluding hydrogens is 386 g/mol. The van der Waals surface area contributed by atoms with E-state index in [1.165, 1.54) is 0 Å². The van der Waals surface area contributed by atoms with Gasteiger partial charge in [-0.1, -0.05) is 23.7 Å². The van der Waals surface area contributed by atoms with E-state index in [2.05, 4.69) is 9.71 Å². The van der Waals surface area contributed by atoms with E-state index in [0.717, 1.165) is 0 Å². The van der Waals surface area contributed by atoms with Crippen LogP contribution >= 0.6 is 11.6 Å². The average Bonchev–Trinajstić information content (AvgIpc) is 2.85. The van der Waals surface area contributed by atoms with Crippen LogP contribution in [0.1, 0.15) is 39.2 Å². The van der Waals surface area contributed by atoms with Gasteiger partial charge in [0.05, 0.1) is 0 Å². The standard InChI is InChI=1S/C19H24ClN3O3S/c1-12(2)21-19(24)15-8-10-23(11-9-15)18-13(3)17(27(25,26)22-18)14-4-6-16(20)7-5-14/h4-7,12,15H,8-11H2,1-3H3,(H,21,24). The monoisotopic (exact) mass is 409 g/mol. The van der Waals surface area contributed by atoms with Gasteiger partial charge in [0, 0.05) is 35.6 Å². The lowest BCUT2D eigenvalue weighted by Gasteiger charge is -2.33. The van der Waals surface area contributed by atoms with Crippen LogP contribution in [0.2, 0.25) is 5.02 Å². The highest BCUT2D eigenvalue weighted by molar-refractivity contribution is 8.00. The number of hydrogen-bond donors (Lipinski definition) is 1. The fourth-order valence-electron chi connectivity index (χ4n) is 3.54. The Morgan fingerprint density at radius 3 is 2.37 bits per heavy atom. The van der Waals surface area contributed by atoms with Crippen molar-refractivity contribution in [3.05, 3.63) is 40.4 Å². The number of amidine groups is 1. The molecule has 0 saturated carbocycles. The first-order chi connectivity index (χ1) is 12.7. The first-order valence-electron chi connectivity index (χ1n) is 9.06. The Morgan fingerprint density at radius 1 is 1.22 bits per heavy atom. The summed E-state index contributed by atoms with van der Waals surface area (Å²) < 4.78 is 29.3. The molecule has 2 aliphatic heterocycles. The Hall–Kier alpha value is -1.86. The topological polar surface area (TPSA) is 78.8 Å². The molecule has 3 rings (SSSR count). The van der Waals surface area contributed by atoms with Crippen molar-refractivity contribution < 1.29 is 13.2 Å². The van der Waals surface area contributed by atoms with Crippen LogP contribution in [0.15, 0.2) is 34.2 Å². The second kappa shape index (κ2) is 7.64. The van der Waals surface area contributed by atoms with E-state index >= 15 is 0 Å². The first kappa shape index (κ1) is 19.9. The van der Waals surface area contributed by atoms with Gasteiger partial charge in [0.2, 0.25) is 5.91 Å². The Labute approximate surface area is 165 Å². The number of sulfonamides is 1. The predicted molar refractivity (Wildman–Crippen MR) is 108 cm³/mol. The number of carbonyl (C=O) groups excluding carboxylic acids is 1. The number of amides is 1. The fraction of sp³-hybridized carbons (Fsp3) is 0.474.